The van der Waals surface area contributed by atoms with Crippen LogP contribution in [-0.2, 0) is 4.79 Å². The number of rotatable bonds is 2. The van der Waals surface area contributed by atoms with Gasteiger partial charge in [0.2, 0.25) is 5.91 Å². The highest BCUT2D eigenvalue weighted by atomic mass is 32.1. The van der Waals surface area contributed by atoms with Crippen LogP contribution in [0.25, 0.3) is 0 Å². The van der Waals surface area contributed by atoms with E-state index in [0.29, 0.717) is 18.0 Å². The van der Waals surface area contributed by atoms with E-state index in [1.165, 1.54) is 11.3 Å². The average Bonchev–Trinajstić information content (AvgIpc) is 2.71. The van der Waals surface area contributed by atoms with Crippen LogP contribution in [0.2, 0.25) is 0 Å². The summed E-state index contributed by atoms with van der Waals surface area (Å²) >= 11 is 1.20. The third-order valence-corrected chi connectivity index (χ3v) is 3.69. The Morgan fingerprint density at radius 1 is 1.62 bits per heavy atom. The molecule has 0 saturated carbocycles. The fourth-order valence-corrected chi connectivity index (χ4v) is 2.63. The normalized spacial score (nSPS) is 20.7. The van der Waals surface area contributed by atoms with Gasteiger partial charge in [-0.25, -0.2) is 4.79 Å². The fourth-order valence-electron chi connectivity index (χ4n) is 1.68. The number of carbonyl (C=O) groups excluding carboxylic acids is 1. The van der Waals surface area contributed by atoms with Crippen molar-refractivity contribution in [1.29, 1.82) is 0 Å². The summed E-state index contributed by atoms with van der Waals surface area (Å²) in [5.41, 5.74) is 0. The number of carboxylic acid groups (broad SMARTS) is 1. The van der Waals surface area contributed by atoms with E-state index < -0.39 is 5.97 Å². The summed E-state index contributed by atoms with van der Waals surface area (Å²) in [6.07, 6.45) is 0. The topological polar surface area (TPSA) is 69.6 Å². The zero-order chi connectivity index (χ0) is 11.7. The average molecular weight is 240 g/mol. The van der Waals surface area contributed by atoms with Gasteiger partial charge < -0.3 is 15.3 Å². The molecule has 5 nitrogen and oxygen atoms in total. The maximum atomic E-state index is 11.5. The number of hydrogen-bond acceptors (Lipinski definition) is 4. The van der Waals surface area contributed by atoms with Gasteiger partial charge in [0.05, 0.1) is 5.00 Å². The molecule has 2 heterocycles. The van der Waals surface area contributed by atoms with Gasteiger partial charge >= 0.3 is 5.97 Å². The van der Waals surface area contributed by atoms with Crippen molar-refractivity contribution in [2.75, 3.05) is 18.0 Å². The van der Waals surface area contributed by atoms with Crippen LogP contribution in [0.15, 0.2) is 12.1 Å². The molecule has 1 atom stereocenters. The van der Waals surface area contributed by atoms with Crippen molar-refractivity contribution >= 4 is 28.2 Å². The van der Waals surface area contributed by atoms with E-state index >= 15 is 0 Å². The first kappa shape index (κ1) is 10.9. The molecule has 0 bridgehead atoms. The molecular weight excluding hydrogens is 228 g/mol. The third kappa shape index (κ3) is 1.88. The van der Waals surface area contributed by atoms with Crippen LogP contribution >= 0.6 is 11.3 Å². The van der Waals surface area contributed by atoms with Gasteiger partial charge in [-0.15, -0.1) is 11.3 Å². The smallest absolute Gasteiger partial charge is 0.345 e. The molecule has 1 unspecified atom stereocenters. The number of nitrogens with one attached hydrogen (secondary N) is 1. The maximum Gasteiger partial charge on any atom is 0.345 e. The van der Waals surface area contributed by atoms with Crippen LogP contribution in [0, 0.1) is 0 Å². The van der Waals surface area contributed by atoms with E-state index in [4.69, 9.17) is 5.11 Å². The fraction of sp³-hybridized carbons (Fsp3) is 0.400. The molecule has 1 aliphatic heterocycles. The summed E-state index contributed by atoms with van der Waals surface area (Å²) in [6, 6.07) is 3.08. The van der Waals surface area contributed by atoms with Gasteiger partial charge in [0.1, 0.15) is 10.9 Å². The molecular formula is C10H12N2O3S. The van der Waals surface area contributed by atoms with Gasteiger partial charge in [-0.05, 0) is 19.1 Å². The number of aromatic carboxylic acids is 1. The molecule has 0 aliphatic carbocycles. The molecule has 1 aromatic heterocycles. The summed E-state index contributed by atoms with van der Waals surface area (Å²) < 4.78 is 0. The van der Waals surface area contributed by atoms with E-state index in [1.54, 1.807) is 12.1 Å². The Labute approximate surface area is 96.7 Å². The van der Waals surface area contributed by atoms with E-state index in [0.717, 1.165) is 5.00 Å². The van der Waals surface area contributed by atoms with Gasteiger partial charge in [-0.2, -0.15) is 0 Å². The number of anilines is 1. The minimum absolute atomic E-state index is 0.0171. The molecule has 2 rings (SSSR count). The maximum absolute atomic E-state index is 11.5. The van der Waals surface area contributed by atoms with E-state index in [1.807, 2.05) is 11.8 Å². The Hall–Kier alpha value is -1.56. The first-order chi connectivity index (χ1) is 7.59. The summed E-state index contributed by atoms with van der Waals surface area (Å²) in [6.45, 7) is 3.13. The Kier molecular flexibility index (Phi) is 2.82. The molecule has 1 aliphatic rings. The van der Waals surface area contributed by atoms with Crippen molar-refractivity contribution in [2.45, 2.75) is 13.0 Å². The number of carboxylic acids is 1. The van der Waals surface area contributed by atoms with Gasteiger partial charge in [-0.3, -0.25) is 4.79 Å². The summed E-state index contributed by atoms with van der Waals surface area (Å²) in [7, 11) is 0. The third-order valence-electron chi connectivity index (χ3n) is 2.58. The quantitative estimate of drug-likeness (QED) is 0.801. The van der Waals surface area contributed by atoms with Gasteiger partial charge in [0.25, 0.3) is 0 Å². The molecule has 6 heteroatoms. The molecule has 1 amide bonds. The zero-order valence-electron chi connectivity index (χ0n) is 8.77. The summed E-state index contributed by atoms with van der Waals surface area (Å²) in [4.78, 5) is 24.4. The van der Waals surface area contributed by atoms with E-state index in [-0.39, 0.29) is 11.9 Å². The lowest BCUT2D eigenvalue weighted by molar-refractivity contribution is -0.122. The number of nitrogens with zero attached hydrogens (tertiary/aromatic N) is 1. The largest absolute Gasteiger partial charge is 0.477 e. The SMILES string of the molecule is CC1C(=O)NCCN1c1ccc(C(=O)O)s1. The van der Waals surface area contributed by atoms with E-state index in [9.17, 15) is 9.59 Å². The van der Waals surface area contributed by atoms with Crippen LogP contribution in [0.1, 0.15) is 16.6 Å². The van der Waals surface area contributed by atoms with Crippen LogP contribution in [-0.4, -0.2) is 36.1 Å². The first-order valence-electron chi connectivity index (χ1n) is 4.97. The Morgan fingerprint density at radius 3 is 3.00 bits per heavy atom. The molecule has 0 aromatic carbocycles. The van der Waals surface area contributed by atoms with Gasteiger partial charge in [0, 0.05) is 13.1 Å². The highest BCUT2D eigenvalue weighted by molar-refractivity contribution is 7.17. The van der Waals surface area contributed by atoms with Crippen molar-refractivity contribution in [3.63, 3.8) is 0 Å². The minimum atomic E-state index is -0.926. The zero-order valence-corrected chi connectivity index (χ0v) is 9.58. The molecule has 1 fully saturated rings. The molecule has 2 N–H and O–H groups in total. The number of amides is 1. The first-order valence-corrected chi connectivity index (χ1v) is 5.78. The lowest BCUT2D eigenvalue weighted by atomic mass is 10.2. The second-order valence-corrected chi connectivity index (χ2v) is 4.67. The predicted molar refractivity (Wildman–Crippen MR) is 61.1 cm³/mol. The second kappa shape index (κ2) is 4.13. The van der Waals surface area contributed by atoms with Crippen LogP contribution in [0.5, 0.6) is 0 Å². The highest BCUT2D eigenvalue weighted by Gasteiger charge is 2.26. The lowest BCUT2D eigenvalue weighted by Crippen LogP contribution is -2.53. The van der Waals surface area contributed by atoms with Crippen molar-refractivity contribution in [3.8, 4) is 0 Å². The van der Waals surface area contributed by atoms with Crippen molar-refractivity contribution in [2.24, 2.45) is 0 Å². The molecule has 0 spiro atoms. The minimum Gasteiger partial charge on any atom is -0.477 e. The number of thiophene rings is 1. The molecule has 16 heavy (non-hydrogen) atoms. The van der Waals surface area contributed by atoms with Crippen LogP contribution < -0.4 is 10.2 Å². The molecule has 0 radical (unpaired) electrons. The van der Waals surface area contributed by atoms with E-state index in [2.05, 4.69) is 5.32 Å². The molecule has 1 saturated heterocycles. The summed E-state index contributed by atoms with van der Waals surface area (Å²) in [5.74, 6) is -0.943. The monoisotopic (exact) mass is 240 g/mol. The van der Waals surface area contributed by atoms with Crippen LogP contribution in [0.3, 0.4) is 0 Å². The predicted octanol–water partition coefficient (Wildman–Crippen LogP) is 0.771. The Bertz CT molecular complexity index is 429. The number of carbonyl (C=O) groups is 2. The Morgan fingerprint density at radius 2 is 2.38 bits per heavy atom. The van der Waals surface area contributed by atoms with Gasteiger partial charge in [-0.1, -0.05) is 0 Å². The number of piperazine rings is 1. The standard InChI is InChI=1S/C10H12N2O3S/c1-6-9(13)11-4-5-12(6)8-3-2-7(16-8)10(14)15/h2-3,6H,4-5H2,1H3,(H,11,13)(H,14,15). The Balaban J connectivity index is 2.22. The second-order valence-electron chi connectivity index (χ2n) is 3.60. The summed E-state index contributed by atoms with van der Waals surface area (Å²) in [5, 5.41) is 12.4. The van der Waals surface area contributed by atoms with Crippen molar-refractivity contribution in [1.82, 2.24) is 5.32 Å². The van der Waals surface area contributed by atoms with Gasteiger partial charge in [0.15, 0.2) is 0 Å². The van der Waals surface area contributed by atoms with Crippen molar-refractivity contribution < 1.29 is 14.7 Å². The lowest BCUT2D eigenvalue weighted by Gasteiger charge is -2.33. The van der Waals surface area contributed by atoms with Crippen LogP contribution in [0.4, 0.5) is 5.00 Å². The molecule has 1 aromatic rings. The van der Waals surface area contributed by atoms with Crippen molar-refractivity contribution in [3.05, 3.63) is 17.0 Å². The molecule has 86 valence electrons. The highest BCUT2D eigenvalue weighted by Crippen LogP contribution is 2.28. The number of hydrogen-bond donors (Lipinski definition) is 2.